The molecule has 3 aromatic rings. The Morgan fingerprint density at radius 2 is 1.92 bits per heavy atom. The second-order valence-corrected chi connectivity index (χ2v) is 6.32. The van der Waals surface area contributed by atoms with Crippen molar-refractivity contribution in [3.63, 3.8) is 0 Å². The summed E-state index contributed by atoms with van der Waals surface area (Å²) in [6.07, 6.45) is 1.39. The zero-order valence-corrected chi connectivity index (χ0v) is 14.2. The predicted octanol–water partition coefficient (Wildman–Crippen LogP) is 4.92. The summed E-state index contributed by atoms with van der Waals surface area (Å²) in [5.74, 6) is -0.367. The highest BCUT2D eigenvalue weighted by atomic mass is 35.5. The summed E-state index contributed by atoms with van der Waals surface area (Å²) in [5.41, 5.74) is 3.02. The molecule has 0 radical (unpaired) electrons. The molecule has 2 aromatic carbocycles. The first kappa shape index (κ1) is 17.3. The number of nitrogens with zero attached hydrogens (tertiary/aromatic N) is 1. The zero-order chi connectivity index (χ0) is 17.8. The fourth-order valence-corrected chi connectivity index (χ4v) is 3.52. The molecule has 1 amide bonds. The SMILES string of the molecule is O=C(NN=Cc1ccc(OC(F)F)cc1)c1sc2ccccc2c1Cl. The lowest BCUT2D eigenvalue weighted by Gasteiger charge is -2.03. The van der Waals surface area contributed by atoms with Gasteiger partial charge in [0, 0.05) is 10.1 Å². The lowest BCUT2D eigenvalue weighted by Crippen LogP contribution is -2.16. The van der Waals surface area contributed by atoms with Gasteiger partial charge in [0.1, 0.15) is 10.6 Å². The van der Waals surface area contributed by atoms with Crippen LogP contribution in [0.3, 0.4) is 0 Å². The third-order valence-electron chi connectivity index (χ3n) is 3.23. The molecule has 0 unspecified atom stereocenters. The average molecular weight is 381 g/mol. The summed E-state index contributed by atoms with van der Waals surface area (Å²) in [6, 6.07) is 13.3. The minimum Gasteiger partial charge on any atom is -0.435 e. The highest BCUT2D eigenvalue weighted by molar-refractivity contribution is 7.21. The van der Waals surface area contributed by atoms with Gasteiger partial charge >= 0.3 is 6.61 Å². The van der Waals surface area contributed by atoms with Gasteiger partial charge < -0.3 is 4.74 Å². The minimum atomic E-state index is -2.87. The van der Waals surface area contributed by atoms with E-state index in [9.17, 15) is 13.6 Å². The first-order valence-corrected chi connectivity index (χ1v) is 8.29. The number of carbonyl (C=O) groups is 1. The number of ether oxygens (including phenoxy) is 1. The van der Waals surface area contributed by atoms with Crippen molar-refractivity contribution in [2.45, 2.75) is 6.61 Å². The lowest BCUT2D eigenvalue weighted by atomic mass is 10.2. The smallest absolute Gasteiger partial charge is 0.387 e. The van der Waals surface area contributed by atoms with Gasteiger partial charge in [-0.25, -0.2) is 5.43 Å². The van der Waals surface area contributed by atoms with E-state index in [1.807, 2.05) is 24.3 Å². The van der Waals surface area contributed by atoms with Crippen LogP contribution in [0.15, 0.2) is 53.6 Å². The maximum atomic E-state index is 12.2. The van der Waals surface area contributed by atoms with E-state index >= 15 is 0 Å². The molecule has 0 aliphatic carbocycles. The van der Waals surface area contributed by atoms with Crippen LogP contribution in [0.1, 0.15) is 15.2 Å². The molecule has 1 N–H and O–H groups in total. The molecule has 0 atom stereocenters. The van der Waals surface area contributed by atoms with Crippen LogP contribution in [0.25, 0.3) is 10.1 Å². The predicted molar refractivity (Wildman–Crippen MR) is 95.0 cm³/mol. The van der Waals surface area contributed by atoms with Crippen LogP contribution < -0.4 is 10.2 Å². The molecule has 1 aromatic heterocycles. The molecule has 128 valence electrons. The Kier molecular flexibility index (Phi) is 5.25. The third kappa shape index (κ3) is 4.12. The first-order chi connectivity index (χ1) is 12.0. The summed E-state index contributed by atoms with van der Waals surface area (Å²) in [4.78, 5) is 12.6. The maximum Gasteiger partial charge on any atom is 0.387 e. The standard InChI is InChI=1S/C17H11ClF2N2O2S/c18-14-12-3-1-2-4-13(12)25-15(14)16(23)22-21-9-10-5-7-11(8-6-10)24-17(19)20/h1-9,17H,(H,22,23). The summed E-state index contributed by atoms with van der Waals surface area (Å²) in [5, 5.41) is 5.06. The molecule has 25 heavy (non-hydrogen) atoms. The normalized spacial score (nSPS) is 11.4. The molecule has 0 fully saturated rings. The number of alkyl halides is 2. The summed E-state index contributed by atoms with van der Waals surface area (Å²) < 4.78 is 29.3. The highest BCUT2D eigenvalue weighted by Gasteiger charge is 2.16. The van der Waals surface area contributed by atoms with Crippen molar-refractivity contribution in [1.29, 1.82) is 0 Å². The maximum absolute atomic E-state index is 12.2. The van der Waals surface area contributed by atoms with Crippen LogP contribution in [0.4, 0.5) is 8.78 Å². The Morgan fingerprint density at radius 1 is 1.20 bits per heavy atom. The average Bonchev–Trinajstić information content (AvgIpc) is 2.93. The second kappa shape index (κ2) is 7.58. The Morgan fingerprint density at radius 3 is 2.60 bits per heavy atom. The third-order valence-corrected chi connectivity index (χ3v) is 4.90. The quantitative estimate of drug-likeness (QED) is 0.504. The van der Waals surface area contributed by atoms with Crippen molar-refractivity contribution in [2.24, 2.45) is 5.10 Å². The van der Waals surface area contributed by atoms with E-state index in [-0.39, 0.29) is 5.75 Å². The Hall–Kier alpha value is -2.51. The van der Waals surface area contributed by atoms with Gasteiger partial charge in [0.15, 0.2) is 0 Å². The summed E-state index contributed by atoms with van der Waals surface area (Å²) in [7, 11) is 0. The number of benzene rings is 2. The molecule has 8 heteroatoms. The topological polar surface area (TPSA) is 50.7 Å². The van der Waals surface area contributed by atoms with Crippen molar-refractivity contribution >= 4 is 45.1 Å². The number of hydrogen-bond acceptors (Lipinski definition) is 4. The zero-order valence-electron chi connectivity index (χ0n) is 12.6. The molecule has 0 spiro atoms. The molecule has 0 saturated heterocycles. The van der Waals surface area contributed by atoms with E-state index in [1.165, 1.54) is 29.7 Å². The number of amides is 1. The van der Waals surface area contributed by atoms with E-state index in [1.54, 1.807) is 12.1 Å². The Balaban J connectivity index is 1.67. The molecular formula is C17H11ClF2N2O2S. The first-order valence-electron chi connectivity index (χ1n) is 7.10. The molecule has 1 heterocycles. The van der Waals surface area contributed by atoms with E-state index in [0.29, 0.717) is 15.5 Å². The van der Waals surface area contributed by atoms with E-state index in [4.69, 9.17) is 11.6 Å². The number of rotatable bonds is 5. The van der Waals surface area contributed by atoms with Crippen molar-refractivity contribution in [1.82, 2.24) is 5.43 Å². The van der Waals surface area contributed by atoms with Gasteiger partial charge in [-0.05, 0) is 35.9 Å². The number of hydrazone groups is 1. The minimum absolute atomic E-state index is 0.0493. The van der Waals surface area contributed by atoms with Crippen LogP contribution in [0.5, 0.6) is 5.75 Å². The van der Waals surface area contributed by atoms with Crippen molar-refractivity contribution in [2.75, 3.05) is 0 Å². The molecule has 4 nitrogen and oxygen atoms in total. The number of hydrogen-bond donors (Lipinski definition) is 1. The molecule has 0 aliphatic heterocycles. The largest absolute Gasteiger partial charge is 0.435 e. The number of carbonyl (C=O) groups excluding carboxylic acids is 1. The monoisotopic (exact) mass is 380 g/mol. The fraction of sp³-hybridized carbons (Fsp3) is 0.0588. The highest BCUT2D eigenvalue weighted by Crippen LogP contribution is 2.34. The number of thiophene rings is 1. The van der Waals surface area contributed by atoms with Gasteiger partial charge in [0.05, 0.1) is 11.2 Å². The van der Waals surface area contributed by atoms with Gasteiger partial charge in [0.25, 0.3) is 5.91 Å². The van der Waals surface area contributed by atoms with E-state index < -0.39 is 12.5 Å². The Bertz CT molecular complexity index is 926. The van der Waals surface area contributed by atoms with Crippen LogP contribution in [0, 0.1) is 0 Å². The second-order valence-electron chi connectivity index (χ2n) is 4.89. The lowest BCUT2D eigenvalue weighted by molar-refractivity contribution is -0.0498. The summed E-state index contributed by atoms with van der Waals surface area (Å²) >= 11 is 7.51. The number of halogens is 3. The molecule has 0 aliphatic rings. The molecule has 0 saturated carbocycles. The fourth-order valence-electron chi connectivity index (χ4n) is 2.11. The Labute approximate surface area is 150 Å². The van der Waals surface area contributed by atoms with Crippen molar-refractivity contribution in [3.05, 3.63) is 64.0 Å². The molecule has 3 rings (SSSR count). The van der Waals surface area contributed by atoms with E-state index in [0.717, 1.165) is 10.1 Å². The van der Waals surface area contributed by atoms with Gasteiger partial charge in [-0.15, -0.1) is 11.3 Å². The van der Waals surface area contributed by atoms with E-state index in [2.05, 4.69) is 15.3 Å². The van der Waals surface area contributed by atoms with Gasteiger partial charge in [-0.2, -0.15) is 13.9 Å². The summed E-state index contributed by atoms with van der Waals surface area (Å²) in [6.45, 7) is -2.87. The van der Waals surface area contributed by atoms with Gasteiger partial charge in [-0.1, -0.05) is 29.8 Å². The molecule has 0 bridgehead atoms. The van der Waals surface area contributed by atoms with Crippen LogP contribution in [0.2, 0.25) is 5.02 Å². The van der Waals surface area contributed by atoms with Gasteiger partial charge in [0.2, 0.25) is 0 Å². The van der Waals surface area contributed by atoms with Crippen LogP contribution >= 0.6 is 22.9 Å². The molecular weight excluding hydrogens is 370 g/mol. The number of nitrogens with one attached hydrogen (secondary N) is 1. The van der Waals surface area contributed by atoms with Gasteiger partial charge in [-0.3, -0.25) is 4.79 Å². The number of fused-ring (bicyclic) bond motifs is 1. The van der Waals surface area contributed by atoms with Crippen molar-refractivity contribution < 1.29 is 18.3 Å². The van der Waals surface area contributed by atoms with Crippen LogP contribution in [-0.4, -0.2) is 18.7 Å². The van der Waals surface area contributed by atoms with Crippen molar-refractivity contribution in [3.8, 4) is 5.75 Å². The van der Waals surface area contributed by atoms with Crippen LogP contribution in [-0.2, 0) is 0 Å².